The second-order valence-corrected chi connectivity index (χ2v) is 5.73. The summed E-state index contributed by atoms with van der Waals surface area (Å²) >= 11 is 0. The largest absolute Gasteiger partial charge is 0.367 e. The first kappa shape index (κ1) is 13.8. The standard InChI is InChI=1S/C16H20N4O/c1-11-2-7-16(21)20(10-11)14-5-6-15(18-9-14)19-13-4-3-12(17)8-13/h2,5-7,9-10,12-13H,3-4,8,17H2,1H3,(H,18,19)/t12-,13-/m0/s1. The molecule has 2 aromatic rings. The minimum Gasteiger partial charge on any atom is -0.367 e. The van der Waals surface area contributed by atoms with Gasteiger partial charge in [0.25, 0.3) is 5.56 Å². The average Bonchev–Trinajstić information content (AvgIpc) is 2.88. The summed E-state index contributed by atoms with van der Waals surface area (Å²) in [6.07, 6.45) is 6.68. The van der Waals surface area contributed by atoms with Crippen LogP contribution in [0.1, 0.15) is 24.8 Å². The molecule has 5 heteroatoms. The minimum absolute atomic E-state index is 0.0510. The van der Waals surface area contributed by atoms with Crippen molar-refractivity contribution in [1.82, 2.24) is 9.55 Å². The maximum Gasteiger partial charge on any atom is 0.255 e. The summed E-state index contributed by atoms with van der Waals surface area (Å²) < 4.78 is 1.61. The molecule has 0 aliphatic heterocycles. The fourth-order valence-corrected chi connectivity index (χ4v) is 2.77. The zero-order chi connectivity index (χ0) is 14.8. The molecule has 1 aliphatic rings. The zero-order valence-electron chi connectivity index (χ0n) is 12.1. The Morgan fingerprint density at radius 1 is 1.29 bits per heavy atom. The average molecular weight is 284 g/mol. The maximum absolute atomic E-state index is 11.9. The van der Waals surface area contributed by atoms with Crippen LogP contribution in [0.5, 0.6) is 0 Å². The van der Waals surface area contributed by atoms with Crippen molar-refractivity contribution in [2.24, 2.45) is 5.73 Å². The van der Waals surface area contributed by atoms with E-state index in [1.54, 1.807) is 16.8 Å². The van der Waals surface area contributed by atoms with Crippen LogP contribution in [-0.2, 0) is 0 Å². The third-order valence-electron chi connectivity index (χ3n) is 3.91. The number of nitrogens with two attached hydrogens (primary N) is 1. The van der Waals surface area contributed by atoms with Gasteiger partial charge in [-0.3, -0.25) is 9.36 Å². The van der Waals surface area contributed by atoms with Crippen LogP contribution in [-0.4, -0.2) is 21.6 Å². The summed E-state index contributed by atoms with van der Waals surface area (Å²) in [5, 5.41) is 3.40. The predicted octanol–water partition coefficient (Wildman–Crippen LogP) is 1.83. The molecule has 2 heterocycles. The predicted molar refractivity (Wildman–Crippen MR) is 83.8 cm³/mol. The Kier molecular flexibility index (Phi) is 3.75. The molecule has 21 heavy (non-hydrogen) atoms. The molecule has 110 valence electrons. The number of aryl methyl sites for hydroxylation is 1. The Labute approximate surface area is 123 Å². The van der Waals surface area contributed by atoms with Gasteiger partial charge in [-0.2, -0.15) is 0 Å². The highest BCUT2D eigenvalue weighted by atomic mass is 16.1. The third kappa shape index (κ3) is 3.13. The van der Waals surface area contributed by atoms with E-state index < -0.39 is 0 Å². The van der Waals surface area contributed by atoms with Gasteiger partial charge in [-0.1, -0.05) is 6.07 Å². The lowest BCUT2D eigenvalue weighted by molar-refractivity contribution is 0.686. The second-order valence-electron chi connectivity index (χ2n) is 5.73. The van der Waals surface area contributed by atoms with E-state index in [0.29, 0.717) is 12.1 Å². The Morgan fingerprint density at radius 3 is 2.81 bits per heavy atom. The van der Waals surface area contributed by atoms with Gasteiger partial charge in [-0.05, 0) is 43.9 Å². The van der Waals surface area contributed by atoms with E-state index >= 15 is 0 Å². The summed E-state index contributed by atoms with van der Waals surface area (Å²) in [5.74, 6) is 0.832. The molecule has 5 nitrogen and oxygen atoms in total. The lowest BCUT2D eigenvalue weighted by Gasteiger charge is -2.13. The van der Waals surface area contributed by atoms with Crippen molar-refractivity contribution in [3.05, 3.63) is 52.6 Å². The smallest absolute Gasteiger partial charge is 0.255 e. The van der Waals surface area contributed by atoms with Crippen molar-refractivity contribution in [2.45, 2.75) is 38.3 Å². The maximum atomic E-state index is 11.9. The highest BCUT2D eigenvalue weighted by molar-refractivity contribution is 5.42. The topological polar surface area (TPSA) is 72.9 Å². The zero-order valence-corrected chi connectivity index (χ0v) is 12.1. The van der Waals surface area contributed by atoms with E-state index in [9.17, 15) is 4.79 Å². The molecule has 1 aliphatic carbocycles. The molecule has 0 saturated heterocycles. The number of nitrogens with zero attached hydrogens (tertiary/aromatic N) is 2. The third-order valence-corrected chi connectivity index (χ3v) is 3.91. The molecular weight excluding hydrogens is 264 g/mol. The molecule has 2 atom stereocenters. The molecule has 0 bridgehead atoms. The first-order valence-electron chi connectivity index (χ1n) is 7.30. The van der Waals surface area contributed by atoms with Crippen molar-refractivity contribution in [1.29, 1.82) is 0 Å². The molecular formula is C16H20N4O. The molecule has 1 fully saturated rings. The summed E-state index contributed by atoms with van der Waals surface area (Å²) in [5.41, 5.74) is 7.67. The van der Waals surface area contributed by atoms with E-state index in [2.05, 4.69) is 10.3 Å². The fourth-order valence-electron chi connectivity index (χ4n) is 2.77. The summed E-state index contributed by atoms with van der Waals surface area (Å²) in [7, 11) is 0. The molecule has 1 saturated carbocycles. The number of hydrogen-bond donors (Lipinski definition) is 2. The SMILES string of the molecule is Cc1ccc(=O)n(-c2ccc(N[C@H]3CC[C@H](N)C3)nc2)c1. The van der Waals surface area contributed by atoms with Crippen molar-refractivity contribution in [3.8, 4) is 5.69 Å². The van der Waals surface area contributed by atoms with Gasteiger partial charge < -0.3 is 11.1 Å². The highest BCUT2D eigenvalue weighted by Crippen LogP contribution is 2.21. The summed E-state index contributed by atoms with van der Waals surface area (Å²) in [4.78, 5) is 16.3. The van der Waals surface area contributed by atoms with Crippen molar-refractivity contribution in [2.75, 3.05) is 5.32 Å². The minimum atomic E-state index is -0.0510. The number of nitrogens with one attached hydrogen (secondary N) is 1. The molecule has 3 rings (SSSR count). The van der Waals surface area contributed by atoms with Gasteiger partial charge in [0.1, 0.15) is 5.82 Å². The van der Waals surface area contributed by atoms with E-state index in [4.69, 9.17) is 5.73 Å². The van der Waals surface area contributed by atoms with Crippen LogP contribution < -0.4 is 16.6 Å². The Balaban J connectivity index is 1.77. The van der Waals surface area contributed by atoms with Gasteiger partial charge in [0.2, 0.25) is 0 Å². The van der Waals surface area contributed by atoms with E-state index in [1.165, 1.54) is 0 Å². The Morgan fingerprint density at radius 2 is 2.14 bits per heavy atom. The lowest BCUT2D eigenvalue weighted by Crippen LogP contribution is -2.21. The van der Waals surface area contributed by atoms with Crippen molar-refractivity contribution < 1.29 is 0 Å². The Bertz CT molecular complexity index is 677. The van der Waals surface area contributed by atoms with Crippen LogP contribution in [0, 0.1) is 6.92 Å². The lowest BCUT2D eigenvalue weighted by atomic mass is 10.2. The molecule has 0 amide bonds. The first-order valence-corrected chi connectivity index (χ1v) is 7.30. The quantitative estimate of drug-likeness (QED) is 0.902. The van der Waals surface area contributed by atoms with Crippen molar-refractivity contribution >= 4 is 5.82 Å². The van der Waals surface area contributed by atoms with Crippen molar-refractivity contribution in [3.63, 3.8) is 0 Å². The van der Waals surface area contributed by atoms with Crippen LogP contribution in [0.15, 0.2) is 41.5 Å². The van der Waals surface area contributed by atoms with E-state index in [-0.39, 0.29) is 5.56 Å². The summed E-state index contributed by atoms with van der Waals surface area (Å²) in [6.45, 7) is 1.96. The van der Waals surface area contributed by atoms with Gasteiger partial charge in [-0.15, -0.1) is 0 Å². The van der Waals surface area contributed by atoms with E-state index in [1.807, 2.05) is 31.3 Å². The highest BCUT2D eigenvalue weighted by Gasteiger charge is 2.21. The Hall–Kier alpha value is -2.14. The number of pyridine rings is 2. The molecule has 2 aromatic heterocycles. The number of hydrogen-bond acceptors (Lipinski definition) is 4. The molecule has 0 spiro atoms. The van der Waals surface area contributed by atoms with Crippen LogP contribution in [0.25, 0.3) is 5.69 Å². The summed E-state index contributed by atoms with van der Waals surface area (Å²) in [6, 6.07) is 7.90. The second kappa shape index (κ2) is 5.69. The number of rotatable bonds is 3. The van der Waals surface area contributed by atoms with Gasteiger partial charge in [0.15, 0.2) is 0 Å². The van der Waals surface area contributed by atoms with E-state index in [0.717, 1.165) is 36.3 Å². The van der Waals surface area contributed by atoms with Gasteiger partial charge >= 0.3 is 0 Å². The van der Waals surface area contributed by atoms with Gasteiger partial charge in [-0.25, -0.2) is 4.98 Å². The molecule has 0 radical (unpaired) electrons. The fraction of sp³-hybridized carbons (Fsp3) is 0.375. The monoisotopic (exact) mass is 284 g/mol. The molecule has 0 aromatic carbocycles. The normalized spacial score (nSPS) is 21.4. The van der Waals surface area contributed by atoms with Crippen LogP contribution >= 0.6 is 0 Å². The number of aromatic nitrogens is 2. The van der Waals surface area contributed by atoms with Crippen LogP contribution in [0.4, 0.5) is 5.82 Å². The molecule has 3 N–H and O–H groups in total. The molecule has 0 unspecified atom stereocenters. The van der Waals surface area contributed by atoms with Gasteiger partial charge in [0.05, 0.1) is 11.9 Å². The van der Waals surface area contributed by atoms with Crippen LogP contribution in [0.2, 0.25) is 0 Å². The van der Waals surface area contributed by atoms with Gasteiger partial charge in [0, 0.05) is 24.3 Å². The number of anilines is 1. The first-order chi connectivity index (χ1) is 10.1. The van der Waals surface area contributed by atoms with Crippen LogP contribution in [0.3, 0.4) is 0 Å².